The van der Waals surface area contributed by atoms with Crippen LogP contribution in [0.4, 0.5) is 0 Å². The van der Waals surface area contributed by atoms with Crippen molar-refractivity contribution in [3.8, 4) is 0 Å². The smallest absolute Gasteiger partial charge is 0.327 e. The van der Waals surface area contributed by atoms with Crippen molar-refractivity contribution in [2.75, 3.05) is 0 Å². The molecule has 0 aromatic carbocycles. The molecule has 20 heavy (non-hydrogen) atoms. The molecule has 2 N–H and O–H groups in total. The van der Waals surface area contributed by atoms with Gasteiger partial charge in [-0.15, -0.1) is 6.58 Å². The van der Waals surface area contributed by atoms with Gasteiger partial charge in [-0.2, -0.15) is 0 Å². The van der Waals surface area contributed by atoms with Crippen LogP contribution >= 0.6 is 0 Å². The number of carbonyl (C=O) groups is 2. The Labute approximate surface area is 122 Å². The number of aliphatic carboxylic acids is 2. The van der Waals surface area contributed by atoms with Crippen molar-refractivity contribution in [2.45, 2.75) is 64.7 Å². The molecule has 0 amide bonds. The molecule has 116 valence electrons. The van der Waals surface area contributed by atoms with Crippen LogP contribution in [0.3, 0.4) is 0 Å². The fourth-order valence-electron chi connectivity index (χ4n) is 1.45. The van der Waals surface area contributed by atoms with Gasteiger partial charge in [0.15, 0.2) is 0 Å². The van der Waals surface area contributed by atoms with E-state index in [4.69, 9.17) is 10.2 Å². The van der Waals surface area contributed by atoms with Crippen LogP contribution in [-0.2, 0) is 9.59 Å². The summed E-state index contributed by atoms with van der Waals surface area (Å²) in [6, 6.07) is 0. The third kappa shape index (κ3) is 25.3. The Balaban J connectivity index is 0. The Bertz CT molecular complexity index is 282. The molecule has 4 nitrogen and oxygen atoms in total. The molecule has 0 saturated carbocycles. The molecule has 0 aliphatic rings. The first-order chi connectivity index (χ1) is 9.54. The third-order valence-corrected chi connectivity index (χ3v) is 2.51. The van der Waals surface area contributed by atoms with E-state index in [-0.39, 0.29) is 0 Å². The number of rotatable bonds is 11. The molecule has 0 aromatic heterocycles. The topological polar surface area (TPSA) is 74.6 Å². The van der Waals surface area contributed by atoms with Gasteiger partial charge in [-0.25, -0.2) is 4.79 Å². The molecule has 0 fully saturated rings. The second-order valence-electron chi connectivity index (χ2n) is 4.52. The van der Waals surface area contributed by atoms with Crippen LogP contribution in [0.5, 0.6) is 0 Å². The molecule has 0 spiro atoms. The van der Waals surface area contributed by atoms with Gasteiger partial charge in [0.05, 0.1) is 0 Å². The number of carboxylic acids is 2. The number of unbranched alkanes of at least 4 members (excludes halogenated alkanes) is 6. The van der Waals surface area contributed by atoms with E-state index in [1.807, 2.05) is 13.0 Å². The van der Waals surface area contributed by atoms with Crippen molar-refractivity contribution in [2.24, 2.45) is 0 Å². The average molecular weight is 284 g/mol. The van der Waals surface area contributed by atoms with Crippen LogP contribution in [0.2, 0.25) is 0 Å². The summed E-state index contributed by atoms with van der Waals surface area (Å²) in [5, 5.41) is 16.4. The molecular formula is C16H28O4. The van der Waals surface area contributed by atoms with E-state index in [9.17, 15) is 9.59 Å². The number of allylic oxidation sites excluding steroid dienone is 2. The molecule has 0 atom stereocenters. The minimum atomic E-state index is -0.863. The van der Waals surface area contributed by atoms with Gasteiger partial charge in [0.25, 0.3) is 0 Å². The summed E-state index contributed by atoms with van der Waals surface area (Å²) in [6.07, 6.45) is 13.4. The van der Waals surface area contributed by atoms with Gasteiger partial charge in [-0.3, -0.25) is 4.79 Å². The second-order valence-corrected chi connectivity index (χ2v) is 4.52. The van der Waals surface area contributed by atoms with Gasteiger partial charge >= 0.3 is 11.9 Å². The van der Waals surface area contributed by atoms with Gasteiger partial charge in [-0.1, -0.05) is 44.8 Å². The van der Waals surface area contributed by atoms with Crippen molar-refractivity contribution in [3.05, 3.63) is 24.8 Å². The Kier molecular flexibility index (Phi) is 18.1. The van der Waals surface area contributed by atoms with E-state index < -0.39 is 11.9 Å². The first-order valence-electron chi connectivity index (χ1n) is 7.26. The maximum absolute atomic E-state index is 10.1. The van der Waals surface area contributed by atoms with E-state index in [1.165, 1.54) is 18.9 Å². The second kappa shape index (κ2) is 17.4. The van der Waals surface area contributed by atoms with Crippen LogP contribution < -0.4 is 0 Å². The maximum Gasteiger partial charge on any atom is 0.327 e. The van der Waals surface area contributed by atoms with E-state index in [0.29, 0.717) is 6.42 Å². The molecule has 0 aliphatic carbocycles. The Hall–Kier alpha value is -1.58. The Morgan fingerprint density at radius 1 is 1.00 bits per heavy atom. The molecule has 0 rings (SSSR count). The predicted octanol–water partition coefficient (Wildman–Crippen LogP) is 4.42. The summed E-state index contributed by atoms with van der Waals surface area (Å²) in [6.45, 7) is 5.65. The highest BCUT2D eigenvalue weighted by Gasteiger charge is 1.95. The highest BCUT2D eigenvalue weighted by Crippen LogP contribution is 2.06. The van der Waals surface area contributed by atoms with Crippen LogP contribution in [0, 0.1) is 0 Å². The van der Waals surface area contributed by atoms with Crippen LogP contribution in [-0.4, -0.2) is 22.2 Å². The van der Waals surface area contributed by atoms with Crippen LogP contribution in [0.15, 0.2) is 24.8 Å². The molecule has 0 aliphatic heterocycles. The van der Waals surface area contributed by atoms with Gasteiger partial charge < -0.3 is 10.2 Å². The first kappa shape index (κ1) is 20.7. The van der Waals surface area contributed by atoms with Crippen molar-refractivity contribution in [1.29, 1.82) is 0 Å². The summed E-state index contributed by atoms with van der Waals surface area (Å²) in [5.41, 5.74) is 0. The molecular weight excluding hydrogens is 256 g/mol. The normalized spacial score (nSPS) is 9.85. The monoisotopic (exact) mass is 284 g/mol. The van der Waals surface area contributed by atoms with Crippen molar-refractivity contribution in [1.82, 2.24) is 0 Å². The van der Waals surface area contributed by atoms with Crippen molar-refractivity contribution >= 4 is 11.9 Å². The van der Waals surface area contributed by atoms with E-state index >= 15 is 0 Å². The lowest BCUT2D eigenvalue weighted by molar-refractivity contribution is -0.137. The molecule has 0 radical (unpaired) electrons. The first-order valence-corrected chi connectivity index (χ1v) is 7.26. The van der Waals surface area contributed by atoms with Gasteiger partial charge in [0, 0.05) is 12.5 Å². The van der Waals surface area contributed by atoms with E-state index in [2.05, 4.69) is 6.58 Å². The molecule has 0 saturated heterocycles. The quantitative estimate of drug-likeness (QED) is 0.335. The molecule has 4 heteroatoms. The molecule has 0 bridgehead atoms. The van der Waals surface area contributed by atoms with Gasteiger partial charge in [-0.05, 0) is 25.7 Å². The van der Waals surface area contributed by atoms with Gasteiger partial charge in [0.1, 0.15) is 0 Å². The highest BCUT2D eigenvalue weighted by atomic mass is 16.4. The Morgan fingerprint density at radius 2 is 1.60 bits per heavy atom. The van der Waals surface area contributed by atoms with Crippen molar-refractivity contribution in [3.63, 3.8) is 0 Å². The van der Waals surface area contributed by atoms with E-state index in [1.54, 1.807) is 6.08 Å². The van der Waals surface area contributed by atoms with E-state index in [0.717, 1.165) is 38.5 Å². The number of hydrogen-bond acceptors (Lipinski definition) is 2. The third-order valence-electron chi connectivity index (χ3n) is 2.51. The number of carboxylic acid groups (broad SMARTS) is 2. The minimum absolute atomic E-state index is 0.321. The summed E-state index contributed by atoms with van der Waals surface area (Å²) in [7, 11) is 0. The Morgan fingerprint density at radius 3 is 2.10 bits per heavy atom. The SMILES string of the molecule is C=CCCCCCCCC(=O)O.CCCC=CC(=O)O. The lowest BCUT2D eigenvalue weighted by Crippen LogP contribution is -1.93. The molecule has 0 heterocycles. The zero-order valence-corrected chi connectivity index (χ0v) is 12.5. The predicted molar refractivity (Wildman–Crippen MR) is 81.8 cm³/mol. The summed E-state index contributed by atoms with van der Waals surface area (Å²) < 4.78 is 0. The largest absolute Gasteiger partial charge is 0.481 e. The fourth-order valence-corrected chi connectivity index (χ4v) is 1.45. The zero-order valence-electron chi connectivity index (χ0n) is 12.5. The van der Waals surface area contributed by atoms with Crippen molar-refractivity contribution < 1.29 is 19.8 Å². The zero-order chi connectivity index (χ0) is 15.6. The van der Waals surface area contributed by atoms with Crippen LogP contribution in [0.25, 0.3) is 0 Å². The lowest BCUT2D eigenvalue weighted by Gasteiger charge is -1.97. The highest BCUT2D eigenvalue weighted by molar-refractivity contribution is 5.79. The minimum Gasteiger partial charge on any atom is -0.481 e. The molecule has 0 aromatic rings. The number of hydrogen-bond donors (Lipinski definition) is 2. The maximum atomic E-state index is 10.1. The van der Waals surface area contributed by atoms with Crippen LogP contribution in [0.1, 0.15) is 64.7 Å². The average Bonchev–Trinajstić information content (AvgIpc) is 2.38. The summed E-state index contributed by atoms with van der Waals surface area (Å²) in [4.78, 5) is 19.9. The lowest BCUT2D eigenvalue weighted by atomic mass is 10.1. The van der Waals surface area contributed by atoms with Gasteiger partial charge in [0.2, 0.25) is 0 Å². The summed E-state index contributed by atoms with van der Waals surface area (Å²) >= 11 is 0. The molecule has 0 unspecified atom stereocenters. The summed E-state index contributed by atoms with van der Waals surface area (Å²) in [5.74, 6) is -1.54. The fraction of sp³-hybridized carbons (Fsp3) is 0.625. The standard InChI is InChI=1S/C10H18O2.C6H10O2/c1-2-3-4-5-6-7-8-9-10(11)12;1-2-3-4-5-6(7)8/h2H,1,3-9H2,(H,11,12);4-5H,2-3H2,1H3,(H,7,8).